The van der Waals surface area contributed by atoms with Crippen molar-refractivity contribution in [2.75, 3.05) is 0 Å². The lowest BCUT2D eigenvalue weighted by Gasteiger charge is -2.40. The molecule has 244 valence electrons. The summed E-state index contributed by atoms with van der Waals surface area (Å²) >= 11 is 0. The second kappa shape index (κ2) is 11.2. The molecule has 1 aliphatic heterocycles. The van der Waals surface area contributed by atoms with E-state index in [1.54, 1.807) is 0 Å². The van der Waals surface area contributed by atoms with E-state index in [1.165, 1.54) is 42.6 Å². The number of ether oxygens (including phenoxy) is 1. The summed E-state index contributed by atoms with van der Waals surface area (Å²) in [6.07, 6.45) is 0. The second-order valence-electron chi connectivity index (χ2n) is 13.6. The van der Waals surface area contributed by atoms with Gasteiger partial charge in [-0.3, -0.25) is 0 Å². The van der Waals surface area contributed by atoms with Gasteiger partial charge in [0.15, 0.2) is 8.07 Å². The molecule has 0 aliphatic carbocycles. The van der Waals surface area contributed by atoms with Crippen LogP contribution < -0.4 is 25.5 Å². The predicted molar refractivity (Wildman–Crippen MR) is 217 cm³/mol. The number of hydrogen-bond donors (Lipinski definition) is 0. The standard InChI is InChI=1S/C48H31NO2Si/c1-3-15-33(16-4-1)52(34-17-5-2-6-18-34)45-27-12-11-26-44(45)51-48-38(23-14-28-46(48)52)37-21-13-22-39-40-31-32(29-30-43(40)50-47(37)39)49-41-24-9-7-19-35(41)36-20-8-10-25-42(36)49/h1-31H. The van der Waals surface area contributed by atoms with Crippen molar-refractivity contribution in [1.29, 1.82) is 0 Å². The summed E-state index contributed by atoms with van der Waals surface area (Å²) in [4.78, 5) is 0. The third kappa shape index (κ3) is 4.01. The van der Waals surface area contributed by atoms with E-state index in [9.17, 15) is 0 Å². The van der Waals surface area contributed by atoms with Crippen LogP contribution in [0.25, 0.3) is 60.6 Å². The number of hydrogen-bond acceptors (Lipinski definition) is 2. The van der Waals surface area contributed by atoms with Gasteiger partial charge < -0.3 is 13.7 Å². The highest BCUT2D eigenvalue weighted by molar-refractivity contribution is 7.20. The summed E-state index contributed by atoms with van der Waals surface area (Å²) in [6, 6.07) is 67.7. The van der Waals surface area contributed by atoms with Crippen molar-refractivity contribution in [1.82, 2.24) is 4.57 Å². The molecule has 0 radical (unpaired) electrons. The summed E-state index contributed by atoms with van der Waals surface area (Å²) in [7, 11) is -2.78. The highest BCUT2D eigenvalue weighted by atomic mass is 28.3. The van der Waals surface area contributed by atoms with Crippen molar-refractivity contribution < 1.29 is 9.15 Å². The minimum absolute atomic E-state index is 0.861. The molecule has 0 bridgehead atoms. The molecule has 11 rings (SSSR count). The predicted octanol–water partition coefficient (Wildman–Crippen LogP) is 9.83. The highest BCUT2D eigenvalue weighted by Gasteiger charge is 2.48. The maximum absolute atomic E-state index is 7.02. The van der Waals surface area contributed by atoms with Gasteiger partial charge in [0.05, 0.1) is 11.0 Å². The number of fused-ring (bicyclic) bond motifs is 8. The fourth-order valence-corrected chi connectivity index (χ4v) is 13.8. The van der Waals surface area contributed by atoms with Crippen LogP contribution in [0.1, 0.15) is 0 Å². The van der Waals surface area contributed by atoms with Crippen LogP contribution in [-0.4, -0.2) is 12.6 Å². The quantitative estimate of drug-likeness (QED) is 0.173. The molecule has 0 amide bonds. The normalized spacial score (nSPS) is 13.3. The van der Waals surface area contributed by atoms with E-state index in [-0.39, 0.29) is 0 Å². The van der Waals surface area contributed by atoms with Gasteiger partial charge in [0.25, 0.3) is 0 Å². The summed E-state index contributed by atoms with van der Waals surface area (Å²) in [6.45, 7) is 0. The Morgan fingerprint density at radius 3 is 1.73 bits per heavy atom. The van der Waals surface area contributed by atoms with Crippen LogP contribution >= 0.6 is 0 Å². The summed E-state index contributed by atoms with van der Waals surface area (Å²) < 4.78 is 16.2. The number of aromatic nitrogens is 1. The third-order valence-corrected chi connectivity index (χ3v) is 15.8. The molecule has 2 aromatic heterocycles. The molecule has 0 N–H and O–H groups in total. The van der Waals surface area contributed by atoms with Gasteiger partial charge in [-0.25, -0.2) is 0 Å². The summed E-state index contributed by atoms with van der Waals surface area (Å²) in [5.74, 6) is 1.81. The van der Waals surface area contributed by atoms with E-state index in [2.05, 4.69) is 193 Å². The van der Waals surface area contributed by atoms with E-state index >= 15 is 0 Å². The minimum Gasteiger partial charge on any atom is -0.457 e. The first-order valence-electron chi connectivity index (χ1n) is 17.8. The van der Waals surface area contributed by atoms with Crippen LogP contribution in [0.5, 0.6) is 11.5 Å². The molecule has 0 atom stereocenters. The second-order valence-corrected chi connectivity index (χ2v) is 17.3. The lowest BCUT2D eigenvalue weighted by Crippen LogP contribution is -2.76. The fourth-order valence-electron chi connectivity index (χ4n) is 8.78. The Hall–Kier alpha value is -6.62. The smallest absolute Gasteiger partial charge is 0.188 e. The Labute approximate surface area is 301 Å². The van der Waals surface area contributed by atoms with Gasteiger partial charge in [0.1, 0.15) is 22.7 Å². The molecule has 52 heavy (non-hydrogen) atoms. The molecule has 4 heteroatoms. The average Bonchev–Trinajstić information content (AvgIpc) is 3.76. The lowest BCUT2D eigenvalue weighted by molar-refractivity contribution is 0.489. The van der Waals surface area contributed by atoms with Crippen LogP contribution in [0.15, 0.2) is 192 Å². The monoisotopic (exact) mass is 681 g/mol. The van der Waals surface area contributed by atoms with E-state index in [4.69, 9.17) is 9.15 Å². The van der Waals surface area contributed by atoms with Gasteiger partial charge in [0, 0.05) is 38.4 Å². The van der Waals surface area contributed by atoms with Crippen molar-refractivity contribution in [3.8, 4) is 28.3 Å². The highest BCUT2D eigenvalue weighted by Crippen LogP contribution is 2.43. The largest absolute Gasteiger partial charge is 0.457 e. The summed E-state index contributed by atoms with van der Waals surface area (Å²) in [5, 5.41) is 9.82. The van der Waals surface area contributed by atoms with Gasteiger partial charge in [-0.1, -0.05) is 152 Å². The maximum atomic E-state index is 7.02. The van der Waals surface area contributed by atoms with Gasteiger partial charge in [-0.15, -0.1) is 0 Å². The molecular weight excluding hydrogens is 651 g/mol. The van der Waals surface area contributed by atoms with E-state index < -0.39 is 8.07 Å². The average molecular weight is 682 g/mol. The number of furan rings is 1. The topological polar surface area (TPSA) is 27.3 Å². The zero-order valence-corrected chi connectivity index (χ0v) is 29.2. The minimum atomic E-state index is -2.78. The molecule has 3 heterocycles. The Morgan fingerprint density at radius 1 is 0.423 bits per heavy atom. The van der Waals surface area contributed by atoms with Crippen LogP contribution in [-0.2, 0) is 0 Å². The molecule has 8 aromatic carbocycles. The van der Waals surface area contributed by atoms with E-state index in [1.807, 2.05) is 0 Å². The van der Waals surface area contributed by atoms with Crippen LogP contribution in [0, 0.1) is 0 Å². The third-order valence-electron chi connectivity index (χ3n) is 10.9. The fraction of sp³-hybridized carbons (Fsp3) is 0. The van der Waals surface area contributed by atoms with Crippen molar-refractivity contribution in [3.63, 3.8) is 0 Å². The SMILES string of the molecule is c1ccc([Si]2(c3ccccc3)c3ccccc3Oc3c(-c4cccc5c4oc4ccc(-n6c7ccccc7c7ccccc76)cc45)cccc32)cc1. The van der Waals surface area contributed by atoms with Gasteiger partial charge >= 0.3 is 0 Å². The molecule has 0 saturated carbocycles. The first kappa shape index (κ1) is 29.1. The maximum Gasteiger partial charge on any atom is 0.188 e. The zero-order valence-electron chi connectivity index (χ0n) is 28.2. The van der Waals surface area contributed by atoms with Crippen molar-refractivity contribution >= 4 is 72.6 Å². The van der Waals surface area contributed by atoms with Gasteiger partial charge in [0.2, 0.25) is 0 Å². The van der Waals surface area contributed by atoms with E-state index in [0.717, 1.165) is 50.3 Å². The summed E-state index contributed by atoms with van der Waals surface area (Å²) in [5.41, 5.74) is 7.26. The zero-order chi connectivity index (χ0) is 34.2. The van der Waals surface area contributed by atoms with Crippen molar-refractivity contribution in [3.05, 3.63) is 188 Å². The molecule has 0 unspecified atom stereocenters. The number of para-hydroxylation sites is 5. The first-order valence-corrected chi connectivity index (χ1v) is 19.8. The Morgan fingerprint density at radius 2 is 1.00 bits per heavy atom. The number of rotatable bonds is 4. The molecule has 0 saturated heterocycles. The molecular formula is C48H31NO2Si. The lowest BCUT2D eigenvalue weighted by atomic mass is 10.0. The van der Waals surface area contributed by atoms with Gasteiger partial charge in [-0.2, -0.15) is 0 Å². The number of benzene rings is 8. The Balaban J connectivity index is 1.16. The molecule has 0 spiro atoms. The number of nitrogens with zero attached hydrogens (tertiary/aromatic N) is 1. The first-order chi connectivity index (χ1) is 25.8. The van der Waals surface area contributed by atoms with Crippen molar-refractivity contribution in [2.24, 2.45) is 0 Å². The molecule has 10 aromatic rings. The van der Waals surface area contributed by atoms with Crippen LogP contribution in [0.4, 0.5) is 0 Å². The van der Waals surface area contributed by atoms with E-state index in [0.29, 0.717) is 0 Å². The van der Waals surface area contributed by atoms with Crippen molar-refractivity contribution in [2.45, 2.75) is 0 Å². The van der Waals surface area contributed by atoms with Crippen LogP contribution in [0.3, 0.4) is 0 Å². The van der Waals surface area contributed by atoms with Gasteiger partial charge in [-0.05, 0) is 57.1 Å². The molecule has 1 aliphatic rings. The Bertz CT molecular complexity index is 2900. The van der Waals surface area contributed by atoms with Crippen LogP contribution in [0.2, 0.25) is 0 Å². The Kier molecular flexibility index (Phi) is 6.27. The molecule has 0 fully saturated rings. The molecule has 3 nitrogen and oxygen atoms in total.